The predicted molar refractivity (Wildman–Crippen MR) is 73.0 cm³/mol. The van der Waals surface area contributed by atoms with Gasteiger partial charge in [-0.2, -0.15) is 4.73 Å². The number of nitrogens with two attached hydrogens (primary N) is 1. The van der Waals surface area contributed by atoms with Crippen LogP contribution in [0.3, 0.4) is 0 Å². The minimum Gasteiger partial charge on any atom is -0.415 e. The third-order valence-corrected chi connectivity index (χ3v) is 2.95. The van der Waals surface area contributed by atoms with Crippen LogP contribution in [0.4, 0.5) is 11.4 Å². The van der Waals surface area contributed by atoms with Crippen LogP contribution in [0.2, 0.25) is 0 Å². The normalized spacial score (nSPS) is 10.9. The molecule has 0 unspecified atom stereocenters. The fourth-order valence-electron chi connectivity index (χ4n) is 2.10. The van der Waals surface area contributed by atoms with Crippen LogP contribution < -0.4 is 15.5 Å². The Kier molecular flexibility index (Phi) is 4.08. The monoisotopic (exact) mass is 266 g/mol. The Hall–Kier alpha value is -1.99. The zero-order valence-electron chi connectivity index (χ0n) is 10.8. The Labute approximate surface area is 110 Å². The fraction of sp³-hybridized carbons (Fsp3) is 0.417. The summed E-state index contributed by atoms with van der Waals surface area (Å²) in [4.78, 5) is 11.3. The molecule has 4 N–H and O–H groups in total. The molecular weight excluding hydrogens is 248 g/mol. The van der Waals surface area contributed by atoms with Crippen LogP contribution >= 0.6 is 0 Å². The molecule has 0 saturated carbocycles. The van der Waals surface area contributed by atoms with E-state index in [0.29, 0.717) is 29.8 Å². The molecule has 0 radical (unpaired) electrons. The maximum Gasteiger partial charge on any atom is 0.133 e. The van der Waals surface area contributed by atoms with Gasteiger partial charge in [0.1, 0.15) is 24.5 Å². The van der Waals surface area contributed by atoms with Crippen LogP contribution in [0.15, 0.2) is 18.5 Å². The molecule has 19 heavy (non-hydrogen) atoms. The van der Waals surface area contributed by atoms with Crippen LogP contribution in [-0.4, -0.2) is 53.3 Å². The largest absolute Gasteiger partial charge is 0.415 e. The van der Waals surface area contributed by atoms with Crippen molar-refractivity contribution in [2.24, 2.45) is 0 Å². The average Bonchev–Trinajstić information content (AvgIpc) is 2.84. The van der Waals surface area contributed by atoms with Crippen molar-refractivity contribution in [2.45, 2.75) is 0 Å². The Morgan fingerprint density at radius 3 is 2.58 bits per heavy atom. The Morgan fingerprint density at radius 1 is 1.32 bits per heavy atom. The van der Waals surface area contributed by atoms with Gasteiger partial charge in [0.25, 0.3) is 0 Å². The van der Waals surface area contributed by atoms with Crippen LogP contribution in [-0.2, 0) is 0 Å². The molecule has 7 heteroatoms. The van der Waals surface area contributed by atoms with E-state index in [0.717, 1.165) is 5.69 Å². The molecule has 0 aliphatic carbocycles. The molecule has 0 amide bonds. The van der Waals surface area contributed by atoms with Gasteiger partial charge in [-0.15, -0.1) is 0 Å². The standard InChI is InChI=1S/C12H18N4O3/c1-19-16-8-14-11-10(3-2-9(13)12(11)16)15(4-6-17)5-7-18/h2-3,8,17-18H,4-7,13H2,1H3. The first kappa shape index (κ1) is 13.4. The van der Waals surface area contributed by atoms with E-state index in [1.165, 1.54) is 11.8 Å². The lowest BCUT2D eigenvalue weighted by molar-refractivity contribution is 0.177. The van der Waals surface area contributed by atoms with Gasteiger partial charge < -0.3 is 25.7 Å². The maximum absolute atomic E-state index is 9.10. The van der Waals surface area contributed by atoms with Gasteiger partial charge in [-0.25, -0.2) is 4.98 Å². The Morgan fingerprint density at radius 2 is 2.00 bits per heavy atom. The highest BCUT2D eigenvalue weighted by Crippen LogP contribution is 2.29. The summed E-state index contributed by atoms with van der Waals surface area (Å²) in [6, 6.07) is 3.59. The van der Waals surface area contributed by atoms with Crippen LogP contribution in [0.25, 0.3) is 11.0 Å². The van der Waals surface area contributed by atoms with Crippen molar-refractivity contribution >= 4 is 22.4 Å². The summed E-state index contributed by atoms with van der Waals surface area (Å²) in [6.45, 7) is 0.826. The third kappa shape index (κ3) is 2.42. The molecule has 2 rings (SSSR count). The summed E-state index contributed by atoms with van der Waals surface area (Å²) < 4.78 is 1.49. The molecule has 0 spiro atoms. The summed E-state index contributed by atoms with van der Waals surface area (Å²) >= 11 is 0. The fourth-order valence-corrected chi connectivity index (χ4v) is 2.10. The summed E-state index contributed by atoms with van der Waals surface area (Å²) in [7, 11) is 1.53. The predicted octanol–water partition coefficient (Wildman–Crippen LogP) is -0.532. The molecule has 0 bridgehead atoms. The number of fused-ring (bicyclic) bond motifs is 1. The molecule has 1 aromatic carbocycles. The van der Waals surface area contributed by atoms with Crippen LogP contribution in [0.5, 0.6) is 0 Å². The summed E-state index contributed by atoms with van der Waals surface area (Å²) in [5, 5.41) is 18.2. The number of aliphatic hydroxyl groups excluding tert-OH is 2. The third-order valence-electron chi connectivity index (χ3n) is 2.95. The van der Waals surface area contributed by atoms with Crippen LogP contribution in [0.1, 0.15) is 0 Å². The van der Waals surface area contributed by atoms with E-state index in [2.05, 4.69) is 4.98 Å². The number of hydrogen-bond donors (Lipinski definition) is 3. The van der Waals surface area contributed by atoms with Gasteiger partial charge in [0, 0.05) is 13.1 Å². The van der Waals surface area contributed by atoms with Crippen molar-refractivity contribution < 1.29 is 15.1 Å². The molecule has 7 nitrogen and oxygen atoms in total. The second kappa shape index (κ2) is 5.77. The van der Waals surface area contributed by atoms with Crippen molar-refractivity contribution in [3.63, 3.8) is 0 Å². The van der Waals surface area contributed by atoms with Crippen molar-refractivity contribution in [3.05, 3.63) is 18.5 Å². The van der Waals surface area contributed by atoms with Crippen molar-refractivity contribution in [1.29, 1.82) is 0 Å². The number of nitrogens with zero attached hydrogens (tertiary/aromatic N) is 3. The van der Waals surface area contributed by atoms with E-state index in [-0.39, 0.29) is 13.2 Å². The zero-order chi connectivity index (χ0) is 13.8. The highest BCUT2D eigenvalue weighted by molar-refractivity contribution is 5.96. The van der Waals surface area contributed by atoms with Gasteiger partial charge >= 0.3 is 0 Å². The molecule has 0 atom stereocenters. The number of imidazole rings is 1. The molecule has 1 heterocycles. The summed E-state index contributed by atoms with van der Waals surface area (Å²) in [6.07, 6.45) is 1.54. The van der Waals surface area contributed by atoms with Gasteiger partial charge in [-0.1, -0.05) is 0 Å². The van der Waals surface area contributed by atoms with Crippen molar-refractivity contribution in [1.82, 2.24) is 9.71 Å². The van der Waals surface area contributed by atoms with E-state index in [9.17, 15) is 0 Å². The number of aliphatic hydroxyl groups is 2. The second-order valence-electron chi connectivity index (χ2n) is 4.06. The average molecular weight is 266 g/mol. The molecule has 0 saturated heterocycles. The zero-order valence-corrected chi connectivity index (χ0v) is 10.8. The smallest absolute Gasteiger partial charge is 0.133 e. The molecule has 0 aliphatic heterocycles. The first-order valence-corrected chi connectivity index (χ1v) is 5.99. The summed E-state index contributed by atoms with van der Waals surface area (Å²) in [5.74, 6) is 0. The lowest BCUT2D eigenvalue weighted by Crippen LogP contribution is -2.29. The number of aromatic nitrogens is 2. The van der Waals surface area contributed by atoms with Crippen molar-refractivity contribution in [2.75, 3.05) is 44.0 Å². The first-order valence-electron chi connectivity index (χ1n) is 5.99. The first-order chi connectivity index (χ1) is 9.22. The molecular formula is C12H18N4O3. The van der Waals surface area contributed by atoms with E-state index in [4.69, 9.17) is 20.8 Å². The van der Waals surface area contributed by atoms with Gasteiger partial charge in [0.2, 0.25) is 0 Å². The van der Waals surface area contributed by atoms with Gasteiger partial charge in [0.05, 0.1) is 24.6 Å². The minimum absolute atomic E-state index is 0.00312. The van der Waals surface area contributed by atoms with Gasteiger partial charge in [-0.3, -0.25) is 0 Å². The summed E-state index contributed by atoms with van der Waals surface area (Å²) in [5.41, 5.74) is 8.67. The topological polar surface area (TPSA) is 96.8 Å². The van der Waals surface area contributed by atoms with Crippen LogP contribution in [0, 0.1) is 0 Å². The van der Waals surface area contributed by atoms with Gasteiger partial charge in [-0.05, 0) is 12.1 Å². The molecule has 0 aliphatic rings. The minimum atomic E-state index is -0.00312. The Balaban J connectivity index is 2.53. The van der Waals surface area contributed by atoms with E-state index >= 15 is 0 Å². The second-order valence-corrected chi connectivity index (χ2v) is 4.06. The SMILES string of the molecule is COn1cnc2c(N(CCO)CCO)ccc(N)c21. The number of rotatable bonds is 6. The molecule has 0 fully saturated rings. The quantitative estimate of drug-likeness (QED) is 0.608. The highest BCUT2D eigenvalue weighted by atomic mass is 16.6. The lowest BCUT2D eigenvalue weighted by atomic mass is 10.2. The maximum atomic E-state index is 9.10. The molecule has 1 aromatic heterocycles. The molecule has 2 aromatic rings. The number of hydrogen-bond acceptors (Lipinski definition) is 6. The number of anilines is 2. The molecule has 104 valence electrons. The number of nitrogen functional groups attached to an aromatic ring is 1. The Bertz CT molecular complexity index is 549. The van der Waals surface area contributed by atoms with E-state index < -0.39 is 0 Å². The number of benzene rings is 1. The van der Waals surface area contributed by atoms with Gasteiger partial charge in [0.15, 0.2) is 0 Å². The van der Waals surface area contributed by atoms with Crippen molar-refractivity contribution in [3.8, 4) is 0 Å². The van der Waals surface area contributed by atoms with E-state index in [1.807, 2.05) is 11.0 Å². The van der Waals surface area contributed by atoms with E-state index in [1.54, 1.807) is 12.4 Å². The lowest BCUT2D eigenvalue weighted by Gasteiger charge is -2.23. The highest BCUT2D eigenvalue weighted by Gasteiger charge is 2.15.